The van der Waals surface area contributed by atoms with Crippen molar-refractivity contribution in [2.45, 2.75) is 25.9 Å². The summed E-state index contributed by atoms with van der Waals surface area (Å²) in [6, 6.07) is -0.444. The first-order valence-corrected chi connectivity index (χ1v) is 5.90. The van der Waals surface area contributed by atoms with Gasteiger partial charge in [0.15, 0.2) is 5.69 Å². The second kappa shape index (κ2) is 4.89. The van der Waals surface area contributed by atoms with Crippen LogP contribution in [0.1, 0.15) is 24.3 Å². The van der Waals surface area contributed by atoms with E-state index in [1.807, 2.05) is 5.43 Å². The van der Waals surface area contributed by atoms with Crippen molar-refractivity contribution in [1.82, 2.24) is 30.6 Å². The number of carbonyl (C=O) groups excluding carboxylic acids is 3. The van der Waals surface area contributed by atoms with Crippen LogP contribution in [0.15, 0.2) is 6.20 Å². The average Bonchev–Trinajstić information content (AvgIpc) is 2.92. The summed E-state index contributed by atoms with van der Waals surface area (Å²) in [6.45, 7) is 3.64. The first-order chi connectivity index (χ1) is 9.35. The fraction of sp³-hybridized carbons (Fsp3) is 0.500. The molecule has 2 rings (SSSR count). The van der Waals surface area contributed by atoms with E-state index in [9.17, 15) is 14.4 Å². The Morgan fingerprint density at radius 2 is 2.15 bits per heavy atom. The largest absolute Gasteiger partial charge is 0.325 e. The van der Waals surface area contributed by atoms with Gasteiger partial charge in [-0.05, 0) is 13.8 Å². The third kappa shape index (κ3) is 2.45. The molecular formula is C10H15N7O3. The number of nitrogens with zero attached hydrogens (tertiary/aromatic N) is 4. The molecule has 1 aliphatic heterocycles. The topological polar surface area (TPSA) is 135 Å². The highest BCUT2D eigenvalue weighted by Crippen LogP contribution is 2.16. The van der Waals surface area contributed by atoms with E-state index in [0.717, 1.165) is 4.90 Å². The SMILES string of the molecule is CC1(C)NC(=O)N(CCn2cc(C(=O)NN)nn2)C1=O. The summed E-state index contributed by atoms with van der Waals surface area (Å²) in [7, 11) is 0. The highest BCUT2D eigenvalue weighted by atomic mass is 16.2. The normalized spacial score (nSPS) is 17.2. The lowest BCUT2D eigenvalue weighted by Crippen LogP contribution is -2.40. The lowest BCUT2D eigenvalue weighted by atomic mass is 10.1. The lowest BCUT2D eigenvalue weighted by molar-refractivity contribution is -0.130. The smallest absolute Gasteiger partial charge is 0.324 e. The van der Waals surface area contributed by atoms with Crippen LogP contribution < -0.4 is 16.6 Å². The van der Waals surface area contributed by atoms with Crippen LogP contribution >= 0.6 is 0 Å². The van der Waals surface area contributed by atoms with Crippen LogP contribution in [0, 0.1) is 0 Å². The van der Waals surface area contributed by atoms with Gasteiger partial charge in [-0.25, -0.2) is 15.3 Å². The standard InChI is InChI=1S/C10H15N7O3/c1-10(2)8(19)17(9(20)12-10)4-3-16-5-6(14-15-16)7(18)13-11/h5H,3-4,11H2,1-2H3,(H,12,20)(H,13,18). The fourth-order valence-electron chi connectivity index (χ4n) is 1.81. The van der Waals surface area contributed by atoms with Crippen molar-refractivity contribution >= 4 is 17.8 Å². The molecule has 1 aromatic rings. The van der Waals surface area contributed by atoms with Crippen LogP contribution in [-0.4, -0.2) is 49.8 Å². The molecule has 0 aliphatic carbocycles. The summed E-state index contributed by atoms with van der Waals surface area (Å²) >= 11 is 0. The maximum absolute atomic E-state index is 11.9. The van der Waals surface area contributed by atoms with Gasteiger partial charge in [0, 0.05) is 0 Å². The Balaban J connectivity index is 1.99. The number of rotatable bonds is 4. The molecule has 1 fully saturated rings. The zero-order chi connectivity index (χ0) is 14.9. The first-order valence-electron chi connectivity index (χ1n) is 5.90. The molecule has 4 N–H and O–H groups in total. The third-order valence-corrected chi connectivity index (χ3v) is 2.90. The number of amides is 4. The molecular weight excluding hydrogens is 266 g/mol. The number of imide groups is 1. The fourth-order valence-corrected chi connectivity index (χ4v) is 1.81. The number of urea groups is 1. The Labute approximate surface area is 114 Å². The van der Waals surface area contributed by atoms with Crippen molar-refractivity contribution < 1.29 is 14.4 Å². The van der Waals surface area contributed by atoms with Gasteiger partial charge in [-0.2, -0.15) is 0 Å². The molecule has 0 aromatic carbocycles. The van der Waals surface area contributed by atoms with E-state index in [0.29, 0.717) is 0 Å². The lowest BCUT2D eigenvalue weighted by Gasteiger charge is -2.15. The maximum atomic E-state index is 11.9. The Morgan fingerprint density at radius 1 is 1.45 bits per heavy atom. The van der Waals surface area contributed by atoms with Crippen LogP contribution in [0.25, 0.3) is 0 Å². The van der Waals surface area contributed by atoms with Gasteiger partial charge in [0.05, 0.1) is 19.3 Å². The summed E-state index contributed by atoms with van der Waals surface area (Å²) in [4.78, 5) is 35.9. The van der Waals surface area contributed by atoms with Gasteiger partial charge >= 0.3 is 6.03 Å². The van der Waals surface area contributed by atoms with E-state index in [-0.39, 0.29) is 24.7 Å². The molecule has 20 heavy (non-hydrogen) atoms. The van der Waals surface area contributed by atoms with Crippen LogP contribution in [0.5, 0.6) is 0 Å². The molecule has 1 aromatic heterocycles. The number of nitrogens with two attached hydrogens (primary N) is 1. The van der Waals surface area contributed by atoms with E-state index < -0.39 is 17.5 Å². The highest BCUT2D eigenvalue weighted by Gasteiger charge is 2.43. The second-order valence-corrected chi connectivity index (χ2v) is 4.85. The molecule has 0 saturated carbocycles. The Kier molecular flexibility index (Phi) is 3.40. The minimum absolute atomic E-state index is 0.0602. The molecule has 2 heterocycles. The summed E-state index contributed by atoms with van der Waals surface area (Å²) in [6.07, 6.45) is 1.38. The Morgan fingerprint density at radius 3 is 2.70 bits per heavy atom. The van der Waals surface area contributed by atoms with E-state index >= 15 is 0 Å². The molecule has 10 heteroatoms. The van der Waals surface area contributed by atoms with Gasteiger partial charge in [-0.3, -0.25) is 19.9 Å². The summed E-state index contributed by atoms with van der Waals surface area (Å²) in [5.41, 5.74) is 1.09. The van der Waals surface area contributed by atoms with E-state index in [1.54, 1.807) is 13.8 Å². The van der Waals surface area contributed by atoms with E-state index in [4.69, 9.17) is 5.84 Å². The number of hydrogen-bond acceptors (Lipinski definition) is 6. The van der Waals surface area contributed by atoms with Crippen molar-refractivity contribution in [3.63, 3.8) is 0 Å². The molecule has 108 valence electrons. The summed E-state index contributed by atoms with van der Waals surface area (Å²) < 4.78 is 1.36. The molecule has 0 bridgehead atoms. The van der Waals surface area contributed by atoms with Gasteiger partial charge in [0.25, 0.3) is 11.8 Å². The van der Waals surface area contributed by atoms with Crippen LogP contribution in [-0.2, 0) is 11.3 Å². The summed E-state index contributed by atoms with van der Waals surface area (Å²) in [5.74, 6) is 4.10. The number of hydrogen-bond donors (Lipinski definition) is 3. The van der Waals surface area contributed by atoms with Crippen molar-refractivity contribution in [1.29, 1.82) is 0 Å². The monoisotopic (exact) mass is 281 g/mol. The highest BCUT2D eigenvalue weighted by molar-refractivity contribution is 6.06. The molecule has 1 aliphatic rings. The first kappa shape index (κ1) is 13.9. The van der Waals surface area contributed by atoms with Crippen molar-refractivity contribution in [2.75, 3.05) is 6.54 Å². The van der Waals surface area contributed by atoms with Gasteiger partial charge < -0.3 is 5.32 Å². The van der Waals surface area contributed by atoms with Crippen LogP contribution in [0.2, 0.25) is 0 Å². The minimum atomic E-state index is -0.899. The van der Waals surface area contributed by atoms with Crippen molar-refractivity contribution in [3.05, 3.63) is 11.9 Å². The molecule has 1 saturated heterocycles. The van der Waals surface area contributed by atoms with Crippen molar-refractivity contribution in [3.8, 4) is 0 Å². The van der Waals surface area contributed by atoms with E-state index in [2.05, 4.69) is 15.6 Å². The van der Waals surface area contributed by atoms with Gasteiger partial charge in [0.2, 0.25) is 0 Å². The zero-order valence-electron chi connectivity index (χ0n) is 11.1. The van der Waals surface area contributed by atoms with Gasteiger partial charge in [-0.15, -0.1) is 5.10 Å². The molecule has 0 atom stereocenters. The predicted octanol–water partition coefficient (Wildman–Crippen LogP) is -1.79. The van der Waals surface area contributed by atoms with Crippen molar-refractivity contribution in [2.24, 2.45) is 5.84 Å². The van der Waals surface area contributed by atoms with Gasteiger partial charge in [-0.1, -0.05) is 5.21 Å². The zero-order valence-corrected chi connectivity index (χ0v) is 11.1. The van der Waals surface area contributed by atoms with Gasteiger partial charge in [0.1, 0.15) is 5.54 Å². The molecule has 0 radical (unpaired) electrons. The van der Waals surface area contributed by atoms with E-state index in [1.165, 1.54) is 10.9 Å². The number of carbonyl (C=O) groups is 3. The Hall–Kier alpha value is -2.49. The number of hydrazine groups is 1. The molecule has 4 amide bonds. The third-order valence-electron chi connectivity index (χ3n) is 2.90. The number of nitrogen functional groups attached to an aromatic ring is 1. The maximum Gasteiger partial charge on any atom is 0.325 e. The summed E-state index contributed by atoms with van der Waals surface area (Å²) in [5, 5.41) is 9.90. The molecule has 0 spiro atoms. The average molecular weight is 281 g/mol. The quantitative estimate of drug-likeness (QED) is 0.258. The molecule has 10 nitrogen and oxygen atoms in total. The predicted molar refractivity (Wildman–Crippen MR) is 66.0 cm³/mol. The number of aromatic nitrogens is 3. The Bertz CT molecular complexity index is 565. The molecule has 0 unspecified atom stereocenters. The van der Waals surface area contributed by atoms with Crippen LogP contribution in [0.3, 0.4) is 0 Å². The second-order valence-electron chi connectivity index (χ2n) is 4.85. The van der Waals surface area contributed by atoms with Crippen LogP contribution in [0.4, 0.5) is 4.79 Å². The number of nitrogens with one attached hydrogen (secondary N) is 2. The minimum Gasteiger partial charge on any atom is -0.324 e.